The molecule has 3 aromatic rings. The maximum atomic E-state index is 13.4. The van der Waals surface area contributed by atoms with E-state index in [-0.39, 0.29) is 11.9 Å². The molecule has 3 aromatic carbocycles. The summed E-state index contributed by atoms with van der Waals surface area (Å²) in [5.41, 5.74) is 2.77. The molecule has 4 nitrogen and oxygen atoms in total. The zero-order valence-electron chi connectivity index (χ0n) is 17.5. The molecule has 0 radical (unpaired) electrons. The van der Waals surface area contributed by atoms with Gasteiger partial charge in [-0.05, 0) is 41.5 Å². The van der Waals surface area contributed by atoms with Gasteiger partial charge in [0.1, 0.15) is 0 Å². The summed E-state index contributed by atoms with van der Waals surface area (Å²) in [7, 11) is 1.57. The molecule has 0 N–H and O–H groups in total. The van der Waals surface area contributed by atoms with Crippen LogP contribution >= 0.6 is 34.8 Å². The van der Waals surface area contributed by atoms with Gasteiger partial charge in [-0.15, -0.1) is 0 Å². The molecular weight excluding hydrogens is 467 g/mol. The van der Waals surface area contributed by atoms with Crippen LogP contribution in [0.5, 0.6) is 0 Å². The van der Waals surface area contributed by atoms with Gasteiger partial charge in [0.15, 0.2) is 6.10 Å². The van der Waals surface area contributed by atoms with Gasteiger partial charge in [0.2, 0.25) is 0 Å². The highest BCUT2D eigenvalue weighted by atomic mass is 35.5. The van der Waals surface area contributed by atoms with E-state index in [1.807, 2.05) is 71.6 Å². The number of methoxy groups -OCH3 is 1. The Labute approximate surface area is 203 Å². The Morgan fingerprint density at radius 3 is 2.28 bits per heavy atom. The normalized spacial score (nSPS) is 17.3. The predicted molar refractivity (Wildman–Crippen MR) is 131 cm³/mol. The van der Waals surface area contributed by atoms with Crippen LogP contribution in [0.2, 0.25) is 15.1 Å². The Morgan fingerprint density at radius 1 is 0.938 bits per heavy atom. The fourth-order valence-corrected chi connectivity index (χ4v) is 4.77. The molecule has 0 saturated carbocycles. The topological polar surface area (TPSA) is 32.8 Å². The first kappa shape index (κ1) is 22.9. The minimum absolute atomic E-state index is 0.0560. The van der Waals surface area contributed by atoms with E-state index in [4.69, 9.17) is 39.5 Å². The standard InChI is InChI=1S/C25H23Cl3N2O2/c1-32-24(18-5-3-2-4-6-18)25(31)29-13-14-30(22-12-11-20(27)15-21(22)28)23(16-29)17-7-9-19(26)10-8-17/h2-12,15,23-24H,13-14,16H2,1H3/t23-,24?/m0/s1. The van der Waals surface area contributed by atoms with Crippen molar-refractivity contribution in [3.63, 3.8) is 0 Å². The van der Waals surface area contributed by atoms with Crippen molar-refractivity contribution in [2.75, 3.05) is 31.6 Å². The van der Waals surface area contributed by atoms with Crippen LogP contribution in [0.15, 0.2) is 72.8 Å². The molecule has 1 unspecified atom stereocenters. The van der Waals surface area contributed by atoms with Crippen molar-refractivity contribution >= 4 is 46.4 Å². The lowest BCUT2D eigenvalue weighted by molar-refractivity contribution is -0.143. The zero-order valence-corrected chi connectivity index (χ0v) is 19.8. The zero-order chi connectivity index (χ0) is 22.7. The summed E-state index contributed by atoms with van der Waals surface area (Å²) in [6, 6.07) is 22.7. The molecule has 0 spiro atoms. The van der Waals surface area contributed by atoms with Gasteiger partial charge in [0, 0.05) is 36.8 Å². The van der Waals surface area contributed by atoms with E-state index in [0.717, 1.165) is 16.8 Å². The Bertz CT molecular complexity index is 1080. The lowest BCUT2D eigenvalue weighted by Gasteiger charge is -2.44. The molecule has 0 bridgehead atoms. The minimum atomic E-state index is -0.646. The van der Waals surface area contributed by atoms with Gasteiger partial charge in [-0.2, -0.15) is 0 Å². The average Bonchev–Trinajstić information content (AvgIpc) is 2.80. The van der Waals surface area contributed by atoms with Gasteiger partial charge in [-0.1, -0.05) is 77.3 Å². The van der Waals surface area contributed by atoms with E-state index >= 15 is 0 Å². The first-order chi connectivity index (χ1) is 15.5. The number of nitrogens with zero attached hydrogens (tertiary/aromatic N) is 2. The van der Waals surface area contributed by atoms with Crippen LogP contribution in [0, 0.1) is 0 Å². The number of hydrogen-bond acceptors (Lipinski definition) is 3. The maximum absolute atomic E-state index is 13.4. The number of carbonyl (C=O) groups is 1. The highest BCUT2D eigenvalue weighted by Crippen LogP contribution is 2.37. The highest BCUT2D eigenvalue weighted by Gasteiger charge is 2.35. The smallest absolute Gasteiger partial charge is 0.256 e. The summed E-state index contributed by atoms with van der Waals surface area (Å²) in [5, 5.41) is 1.83. The Kier molecular flexibility index (Phi) is 7.27. The summed E-state index contributed by atoms with van der Waals surface area (Å²) in [6.07, 6.45) is -0.646. The largest absolute Gasteiger partial charge is 0.367 e. The van der Waals surface area contributed by atoms with Crippen LogP contribution in [-0.2, 0) is 9.53 Å². The molecule has 1 amide bonds. The molecule has 4 rings (SSSR count). The van der Waals surface area contributed by atoms with Gasteiger partial charge in [-0.25, -0.2) is 0 Å². The number of benzene rings is 3. The molecule has 7 heteroatoms. The number of carbonyl (C=O) groups excluding carboxylic acids is 1. The van der Waals surface area contributed by atoms with Crippen LogP contribution in [-0.4, -0.2) is 37.6 Å². The van der Waals surface area contributed by atoms with Gasteiger partial charge in [0.25, 0.3) is 5.91 Å². The summed E-state index contributed by atoms with van der Waals surface area (Å²) in [4.78, 5) is 17.5. The van der Waals surface area contributed by atoms with E-state index < -0.39 is 6.10 Å². The van der Waals surface area contributed by atoms with E-state index in [2.05, 4.69) is 4.90 Å². The first-order valence-corrected chi connectivity index (χ1v) is 11.4. The molecule has 1 saturated heterocycles. The van der Waals surface area contributed by atoms with Crippen molar-refractivity contribution in [2.24, 2.45) is 0 Å². The third-order valence-electron chi connectivity index (χ3n) is 5.73. The monoisotopic (exact) mass is 488 g/mol. The molecule has 0 aromatic heterocycles. The SMILES string of the molecule is COC(C(=O)N1CCN(c2ccc(Cl)cc2Cl)[C@H](c2ccc(Cl)cc2)C1)c1ccccc1. The lowest BCUT2D eigenvalue weighted by atomic mass is 10.00. The summed E-state index contributed by atoms with van der Waals surface area (Å²) >= 11 is 18.8. The van der Waals surface area contributed by atoms with Crippen molar-refractivity contribution in [1.29, 1.82) is 0 Å². The van der Waals surface area contributed by atoms with Crippen molar-refractivity contribution < 1.29 is 9.53 Å². The number of halogens is 3. The fourth-order valence-electron chi connectivity index (χ4n) is 4.13. The lowest BCUT2D eigenvalue weighted by Crippen LogP contribution is -2.52. The second kappa shape index (κ2) is 10.1. The first-order valence-electron chi connectivity index (χ1n) is 10.3. The number of amides is 1. The minimum Gasteiger partial charge on any atom is -0.367 e. The van der Waals surface area contributed by atoms with Crippen molar-refractivity contribution in [3.05, 3.63) is 99.0 Å². The maximum Gasteiger partial charge on any atom is 0.256 e. The number of anilines is 1. The summed E-state index contributed by atoms with van der Waals surface area (Å²) < 4.78 is 5.59. The molecule has 0 aliphatic carbocycles. The Balaban J connectivity index is 1.65. The molecule has 32 heavy (non-hydrogen) atoms. The molecule has 1 aliphatic rings. The van der Waals surface area contributed by atoms with Gasteiger partial charge >= 0.3 is 0 Å². The second-order valence-electron chi connectivity index (χ2n) is 7.67. The van der Waals surface area contributed by atoms with Crippen molar-refractivity contribution in [2.45, 2.75) is 12.1 Å². The van der Waals surface area contributed by atoms with Gasteiger partial charge in [0.05, 0.1) is 16.8 Å². The van der Waals surface area contributed by atoms with Crippen LogP contribution in [0.25, 0.3) is 0 Å². The van der Waals surface area contributed by atoms with Crippen LogP contribution in [0.3, 0.4) is 0 Å². The third kappa shape index (κ3) is 4.89. The quantitative estimate of drug-likeness (QED) is 0.414. The molecule has 1 heterocycles. The Morgan fingerprint density at radius 2 is 1.62 bits per heavy atom. The number of hydrogen-bond donors (Lipinski definition) is 0. The van der Waals surface area contributed by atoms with Crippen LogP contribution in [0.1, 0.15) is 23.3 Å². The van der Waals surface area contributed by atoms with E-state index in [0.29, 0.717) is 34.7 Å². The molecule has 1 fully saturated rings. The van der Waals surface area contributed by atoms with Crippen LogP contribution in [0.4, 0.5) is 5.69 Å². The van der Waals surface area contributed by atoms with E-state index in [1.165, 1.54) is 0 Å². The number of ether oxygens (including phenoxy) is 1. The molecule has 2 atom stereocenters. The number of rotatable bonds is 5. The van der Waals surface area contributed by atoms with Gasteiger partial charge < -0.3 is 14.5 Å². The predicted octanol–water partition coefficient (Wildman–Crippen LogP) is 6.42. The highest BCUT2D eigenvalue weighted by molar-refractivity contribution is 6.36. The van der Waals surface area contributed by atoms with Crippen LogP contribution < -0.4 is 4.90 Å². The summed E-state index contributed by atoms with van der Waals surface area (Å²) in [5.74, 6) is -0.0560. The van der Waals surface area contributed by atoms with E-state index in [1.54, 1.807) is 13.2 Å². The van der Waals surface area contributed by atoms with Crippen molar-refractivity contribution in [1.82, 2.24) is 4.90 Å². The fraction of sp³-hybridized carbons (Fsp3) is 0.240. The Hall–Kier alpha value is -2.24. The van der Waals surface area contributed by atoms with Crippen molar-refractivity contribution in [3.8, 4) is 0 Å². The second-order valence-corrected chi connectivity index (χ2v) is 8.95. The van der Waals surface area contributed by atoms with Gasteiger partial charge in [-0.3, -0.25) is 4.79 Å². The van der Waals surface area contributed by atoms with E-state index in [9.17, 15) is 4.79 Å². The third-order valence-corrected chi connectivity index (χ3v) is 6.52. The molecular formula is C25H23Cl3N2O2. The summed E-state index contributed by atoms with van der Waals surface area (Å²) in [6.45, 7) is 1.66. The molecule has 166 valence electrons. The number of piperazine rings is 1. The molecule has 1 aliphatic heterocycles. The average molecular weight is 490 g/mol.